The van der Waals surface area contributed by atoms with Crippen LogP contribution in [0.4, 0.5) is 0 Å². The third-order valence-electron chi connectivity index (χ3n) is 2.93. The van der Waals surface area contributed by atoms with Crippen LogP contribution < -0.4 is 0 Å². The van der Waals surface area contributed by atoms with Gasteiger partial charge in [0.25, 0.3) is 0 Å². The Morgan fingerprint density at radius 3 is 2.62 bits per heavy atom. The summed E-state index contributed by atoms with van der Waals surface area (Å²) >= 11 is 8.03. The van der Waals surface area contributed by atoms with Gasteiger partial charge in [0.15, 0.2) is 5.78 Å². The third kappa shape index (κ3) is 2.80. The van der Waals surface area contributed by atoms with E-state index in [2.05, 4.69) is 0 Å². The van der Waals surface area contributed by atoms with E-state index < -0.39 is 0 Å². The Kier molecular flexibility index (Phi) is 3.93. The van der Waals surface area contributed by atoms with Gasteiger partial charge in [0.05, 0.1) is 5.02 Å². The topological polar surface area (TPSA) is 17.1 Å². The zero-order valence-corrected chi connectivity index (χ0v) is 10.9. The first kappa shape index (κ1) is 12.0. The van der Waals surface area contributed by atoms with Crippen molar-refractivity contribution in [1.82, 2.24) is 0 Å². The molecule has 1 aliphatic rings. The van der Waals surface area contributed by atoms with Crippen LogP contribution in [0.2, 0.25) is 5.02 Å². The molecule has 0 N–H and O–H groups in total. The number of hydrogen-bond acceptors (Lipinski definition) is 2. The summed E-state index contributed by atoms with van der Waals surface area (Å²) in [5.41, 5.74) is 0.695. The van der Waals surface area contributed by atoms with E-state index in [1.54, 1.807) is 13.0 Å². The molecule has 1 aromatic rings. The minimum atomic E-state index is 0.0688. The number of Topliss-reactive ketones (excluding diaryl/α,β-unsaturated/α-hetero) is 1. The van der Waals surface area contributed by atoms with Crippen molar-refractivity contribution in [2.24, 2.45) is 0 Å². The van der Waals surface area contributed by atoms with Crippen LogP contribution in [0.3, 0.4) is 0 Å². The van der Waals surface area contributed by atoms with Gasteiger partial charge in [-0.1, -0.05) is 30.5 Å². The summed E-state index contributed by atoms with van der Waals surface area (Å²) in [5, 5.41) is 1.42. The molecule has 3 heteroatoms. The Balaban J connectivity index is 2.12. The van der Waals surface area contributed by atoms with Crippen molar-refractivity contribution in [1.29, 1.82) is 0 Å². The summed E-state index contributed by atoms with van der Waals surface area (Å²) in [6, 6.07) is 5.62. The summed E-state index contributed by atoms with van der Waals surface area (Å²) < 4.78 is 0. The van der Waals surface area contributed by atoms with Crippen LogP contribution in [0.1, 0.15) is 43.0 Å². The van der Waals surface area contributed by atoms with Gasteiger partial charge in [0.2, 0.25) is 0 Å². The van der Waals surface area contributed by atoms with Gasteiger partial charge in [-0.05, 0) is 31.9 Å². The largest absolute Gasteiger partial charge is 0.295 e. The van der Waals surface area contributed by atoms with Gasteiger partial charge in [-0.3, -0.25) is 4.79 Å². The molecule has 1 saturated carbocycles. The molecule has 0 atom stereocenters. The Bertz CT molecular complexity index is 397. The van der Waals surface area contributed by atoms with E-state index >= 15 is 0 Å². The first-order chi connectivity index (χ1) is 7.66. The van der Waals surface area contributed by atoms with Crippen LogP contribution in [0, 0.1) is 0 Å². The van der Waals surface area contributed by atoms with Gasteiger partial charge >= 0.3 is 0 Å². The first-order valence-electron chi connectivity index (χ1n) is 5.64. The van der Waals surface area contributed by atoms with Gasteiger partial charge in [0, 0.05) is 15.7 Å². The number of carbonyl (C=O) groups is 1. The Hall–Kier alpha value is -0.470. The maximum Gasteiger partial charge on any atom is 0.159 e. The highest BCUT2D eigenvalue weighted by Crippen LogP contribution is 2.38. The molecule has 1 aromatic carbocycles. The fourth-order valence-corrected chi connectivity index (χ4v) is 3.56. The van der Waals surface area contributed by atoms with Crippen molar-refractivity contribution >= 4 is 29.1 Å². The summed E-state index contributed by atoms with van der Waals surface area (Å²) in [6.45, 7) is 1.56. The van der Waals surface area contributed by atoms with Gasteiger partial charge < -0.3 is 0 Å². The van der Waals surface area contributed by atoms with Crippen LogP contribution in [0.25, 0.3) is 0 Å². The molecule has 0 radical (unpaired) electrons. The molecule has 0 saturated heterocycles. The summed E-state index contributed by atoms with van der Waals surface area (Å²) in [4.78, 5) is 12.3. The molecule has 0 heterocycles. The molecule has 0 amide bonds. The van der Waals surface area contributed by atoms with E-state index in [1.165, 1.54) is 25.7 Å². The van der Waals surface area contributed by atoms with Crippen LogP contribution in [-0.2, 0) is 0 Å². The number of rotatable bonds is 3. The zero-order chi connectivity index (χ0) is 11.5. The van der Waals surface area contributed by atoms with E-state index in [4.69, 9.17) is 11.6 Å². The second-order valence-corrected chi connectivity index (χ2v) is 5.98. The standard InChI is InChI=1S/C13H15ClOS/c1-9(15)10-6-7-13(12(14)8-10)16-11-4-2-3-5-11/h6-8,11H,2-5H2,1H3. The molecule has 0 aromatic heterocycles. The van der Waals surface area contributed by atoms with Crippen LogP contribution in [0.5, 0.6) is 0 Å². The first-order valence-corrected chi connectivity index (χ1v) is 6.90. The van der Waals surface area contributed by atoms with E-state index in [9.17, 15) is 4.79 Å². The van der Waals surface area contributed by atoms with Crippen LogP contribution >= 0.6 is 23.4 Å². The predicted molar refractivity (Wildman–Crippen MR) is 69.6 cm³/mol. The van der Waals surface area contributed by atoms with E-state index in [-0.39, 0.29) is 5.78 Å². The van der Waals surface area contributed by atoms with E-state index in [0.717, 1.165) is 4.90 Å². The molecule has 0 unspecified atom stereocenters. The third-order valence-corrected chi connectivity index (χ3v) is 4.77. The molecule has 0 spiro atoms. The predicted octanol–water partition coefficient (Wildman–Crippen LogP) is 4.58. The maximum atomic E-state index is 11.2. The lowest BCUT2D eigenvalue weighted by molar-refractivity contribution is 0.101. The summed E-state index contributed by atoms with van der Waals surface area (Å²) in [7, 11) is 0. The van der Waals surface area contributed by atoms with Gasteiger partial charge in [-0.2, -0.15) is 0 Å². The minimum Gasteiger partial charge on any atom is -0.295 e. The maximum absolute atomic E-state index is 11.2. The quantitative estimate of drug-likeness (QED) is 0.735. The molecule has 0 aliphatic heterocycles. The Labute approximate surface area is 106 Å². The molecular weight excluding hydrogens is 240 g/mol. The number of benzene rings is 1. The van der Waals surface area contributed by atoms with Crippen molar-refractivity contribution in [2.75, 3.05) is 0 Å². The van der Waals surface area contributed by atoms with E-state index in [0.29, 0.717) is 15.8 Å². The van der Waals surface area contributed by atoms with Crippen molar-refractivity contribution in [2.45, 2.75) is 42.8 Å². The SMILES string of the molecule is CC(=O)c1ccc(SC2CCCC2)c(Cl)c1. The second-order valence-electron chi connectivity index (χ2n) is 4.23. The van der Waals surface area contributed by atoms with Gasteiger partial charge in [0.1, 0.15) is 0 Å². The molecule has 0 bridgehead atoms. The molecule has 16 heavy (non-hydrogen) atoms. The van der Waals surface area contributed by atoms with Crippen molar-refractivity contribution < 1.29 is 4.79 Å². The average molecular weight is 255 g/mol. The monoisotopic (exact) mass is 254 g/mol. The highest BCUT2D eigenvalue weighted by molar-refractivity contribution is 8.00. The number of ketones is 1. The fourth-order valence-electron chi connectivity index (χ4n) is 2.00. The number of hydrogen-bond donors (Lipinski definition) is 0. The minimum absolute atomic E-state index is 0.0688. The molecule has 2 rings (SSSR count). The van der Waals surface area contributed by atoms with Gasteiger partial charge in [-0.15, -0.1) is 11.8 Å². The van der Waals surface area contributed by atoms with Gasteiger partial charge in [-0.25, -0.2) is 0 Å². The highest BCUT2D eigenvalue weighted by atomic mass is 35.5. The van der Waals surface area contributed by atoms with Crippen molar-refractivity contribution in [3.05, 3.63) is 28.8 Å². The number of carbonyl (C=O) groups excluding carboxylic acids is 1. The lowest BCUT2D eigenvalue weighted by Gasteiger charge is -2.10. The molecule has 1 aliphatic carbocycles. The number of thioether (sulfide) groups is 1. The molecule has 1 fully saturated rings. The lowest BCUT2D eigenvalue weighted by Crippen LogP contribution is -1.95. The normalized spacial score (nSPS) is 16.6. The summed E-state index contributed by atoms with van der Waals surface area (Å²) in [5.74, 6) is 0.0688. The van der Waals surface area contributed by atoms with Crippen molar-refractivity contribution in [3.63, 3.8) is 0 Å². The summed E-state index contributed by atoms with van der Waals surface area (Å²) in [6.07, 6.45) is 5.24. The van der Waals surface area contributed by atoms with Crippen LogP contribution in [0.15, 0.2) is 23.1 Å². The molecule has 86 valence electrons. The number of halogens is 1. The van der Waals surface area contributed by atoms with E-state index in [1.807, 2.05) is 23.9 Å². The Morgan fingerprint density at radius 2 is 2.06 bits per heavy atom. The Morgan fingerprint density at radius 1 is 1.38 bits per heavy atom. The van der Waals surface area contributed by atoms with Crippen LogP contribution in [-0.4, -0.2) is 11.0 Å². The fraction of sp³-hybridized carbons (Fsp3) is 0.462. The van der Waals surface area contributed by atoms with Crippen molar-refractivity contribution in [3.8, 4) is 0 Å². The smallest absolute Gasteiger partial charge is 0.159 e. The zero-order valence-electron chi connectivity index (χ0n) is 9.33. The highest BCUT2D eigenvalue weighted by Gasteiger charge is 2.17. The molecular formula is C13H15ClOS. The average Bonchev–Trinajstić information content (AvgIpc) is 2.73. The molecule has 1 nitrogen and oxygen atoms in total. The lowest BCUT2D eigenvalue weighted by atomic mass is 10.1. The second kappa shape index (κ2) is 5.24.